The van der Waals surface area contributed by atoms with Gasteiger partial charge in [0.05, 0.1) is 18.9 Å². The Bertz CT molecular complexity index is 507. The molecule has 2 aliphatic rings. The SMILES string of the molecule is CC(C)N1CCOC(CN2CCN(c3ncncc3Cl)CC2)C1. The van der Waals surface area contributed by atoms with Crippen LogP contribution in [0.2, 0.25) is 5.02 Å². The maximum absolute atomic E-state index is 6.19. The Morgan fingerprint density at radius 1 is 1.26 bits per heavy atom. The minimum atomic E-state index is 0.320. The van der Waals surface area contributed by atoms with Crippen LogP contribution in [-0.2, 0) is 4.74 Å². The molecule has 1 unspecified atom stereocenters. The van der Waals surface area contributed by atoms with Gasteiger partial charge in [-0.25, -0.2) is 9.97 Å². The Labute approximate surface area is 143 Å². The fraction of sp³-hybridized carbons (Fsp3) is 0.750. The highest BCUT2D eigenvalue weighted by atomic mass is 35.5. The molecule has 23 heavy (non-hydrogen) atoms. The topological polar surface area (TPSA) is 44.7 Å². The van der Waals surface area contributed by atoms with Crippen LogP contribution in [0.5, 0.6) is 0 Å². The molecular weight excluding hydrogens is 314 g/mol. The van der Waals surface area contributed by atoms with Crippen LogP contribution in [0.3, 0.4) is 0 Å². The smallest absolute Gasteiger partial charge is 0.150 e. The van der Waals surface area contributed by atoms with Gasteiger partial charge < -0.3 is 9.64 Å². The third-order valence-electron chi connectivity index (χ3n) is 4.68. The molecule has 0 N–H and O–H groups in total. The van der Waals surface area contributed by atoms with Gasteiger partial charge in [-0.15, -0.1) is 0 Å². The minimum Gasteiger partial charge on any atom is -0.374 e. The summed E-state index contributed by atoms with van der Waals surface area (Å²) in [6.45, 7) is 12.4. The second-order valence-corrected chi connectivity index (χ2v) is 6.97. The molecule has 1 aromatic heterocycles. The molecule has 0 saturated carbocycles. The lowest BCUT2D eigenvalue weighted by Gasteiger charge is -2.40. The van der Waals surface area contributed by atoms with Crippen LogP contribution < -0.4 is 4.90 Å². The van der Waals surface area contributed by atoms with Crippen molar-refractivity contribution in [3.05, 3.63) is 17.5 Å². The highest BCUT2D eigenvalue weighted by Gasteiger charge is 2.26. The Morgan fingerprint density at radius 3 is 2.74 bits per heavy atom. The lowest BCUT2D eigenvalue weighted by molar-refractivity contribution is -0.0525. The van der Waals surface area contributed by atoms with Crippen molar-refractivity contribution in [2.75, 3.05) is 57.3 Å². The van der Waals surface area contributed by atoms with Crippen molar-refractivity contribution in [3.8, 4) is 0 Å². The van der Waals surface area contributed by atoms with E-state index >= 15 is 0 Å². The van der Waals surface area contributed by atoms with Crippen LogP contribution in [-0.4, -0.2) is 84.3 Å². The van der Waals surface area contributed by atoms with Gasteiger partial charge >= 0.3 is 0 Å². The van der Waals surface area contributed by atoms with E-state index in [4.69, 9.17) is 16.3 Å². The number of nitrogens with zero attached hydrogens (tertiary/aromatic N) is 5. The second-order valence-electron chi connectivity index (χ2n) is 6.56. The van der Waals surface area contributed by atoms with Crippen molar-refractivity contribution in [2.24, 2.45) is 0 Å². The molecule has 2 fully saturated rings. The minimum absolute atomic E-state index is 0.320. The van der Waals surface area contributed by atoms with Gasteiger partial charge in [-0.2, -0.15) is 0 Å². The molecular formula is C16H26ClN5O. The number of hydrogen-bond acceptors (Lipinski definition) is 6. The maximum atomic E-state index is 6.19. The van der Waals surface area contributed by atoms with Gasteiger partial charge in [0.1, 0.15) is 11.3 Å². The number of ether oxygens (including phenoxy) is 1. The van der Waals surface area contributed by atoms with Crippen LogP contribution in [0, 0.1) is 0 Å². The molecule has 1 atom stereocenters. The van der Waals surface area contributed by atoms with Crippen LogP contribution >= 0.6 is 11.6 Å². The fourth-order valence-electron chi connectivity index (χ4n) is 3.29. The van der Waals surface area contributed by atoms with E-state index in [1.54, 1.807) is 12.5 Å². The second kappa shape index (κ2) is 7.75. The van der Waals surface area contributed by atoms with Crippen LogP contribution in [0.4, 0.5) is 5.82 Å². The van der Waals surface area contributed by atoms with Gasteiger partial charge in [-0.05, 0) is 13.8 Å². The predicted octanol–water partition coefficient (Wildman–Crippen LogP) is 1.36. The molecule has 0 aliphatic carbocycles. The van der Waals surface area contributed by atoms with E-state index in [1.807, 2.05) is 0 Å². The summed E-state index contributed by atoms with van der Waals surface area (Å²) < 4.78 is 5.95. The van der Waals surface area contributed by atoms with Crippen molar-refractivity contribution in [1.29, 1.82) is 0 Å². The number of aromatic nitrogens is 2. The monoisotopic (exact) mass is 339 g/mol. The highest BCUT2D eigenvalue weighted by Crippen LogP contribution is 2.22. The molecule has 3 rings (SSSR count). The van der Waals surface area contributed by atoms with Crippen molar-refractivity contribution >= 4 is 17.4 Å². The predicted molar refractivity (Wildman–Crippen MR) is 92.1 cm³/mol. The van der Waals surface area contributed by atoms with Crippen molar-refractivity contribution in [1.82, 2.24) is 19.8 Å². The average molecular weight is 340 g/mol. The summed E-state index contributed by atoms with van der Waals surface area (Å²) in [5, 5.41) is 0.629. The van der Waals surface area contributed by atoms with Gasteiger partial charge in [0, 0.05) is 51.9 Å². The zero-order chi connectivity index (χ0) is 16.2. The lowest BCUT2D eigenvalue weighted by atomic mass is 10.2. The highest BCUT2D eigenvalue weighted by molar-refractivity contribution is 6.32. The standard InChI is InChI=1S/C16H26ClN5O/c1-13(2)22-7-8-23-14(11-22)10-20-3-5-21(6-4-20)16-15(17)9-18-12-19-16/h9,12-14H,3-8,10-11H2,1-2H3. The van der Waals surface area contributed by atoms with Crippen molar-refractivity contribution < 1.29 is 4.74 Å². The molecule has 3 heterocycles. The summed E-state index contributed by atoms with van der Waals surface area (Å²) in [6, 6.07) is 0.596. The van der Waals surface area contributed by atoms with Gasteiger partial charge in [-0.1, -0.05) is 11.6 Å². The van der Waals surface area contributed by atoms with E-state index < -0.39 is 0 Å². The molecule has 2 saturated heterocycles. The first kappa shape index (κ1) is 16.9. The normalized spacial score (nSPS) is 24.3. The molecule has 2 aliphatic heterocycles. The Kier molecular flexibility index (Phi) is 5.69. The van der Waals surface area contributed by atoms with Crippen molar-refractivity contribution in [2.45, 2.75) is 26.0 Å². The number of anilines is 1. The van der Waals surface area contributed by atoms with Crippen LogP contribution in [0.25, 0.3) is 0 Å². The molecule has 0 aromatic carbocycles. The molecule has 0 amide bonds. The molecule has 6 nitrogen and oxygen atoms in total. The first-order chi connectivity index (χ1) is 11.1. The molecule has 0 bridgehead atoms. The molecule has 7 heteroatoms. The summed E-state index contributed by atoms with van der Waals surface area (Å²) in [5.74, 6) is 0.848. The lowest BCUT2D eigenvalue weighted by Crippen LogP contribution is -2.53. The first-order valence-corrected chi connectivity index (χ1v) is 8.79. The molecule has 1 aromatic rings. The van der Waals surface area contributed by atoms with E-state index in [2.05, 4.69) is 38.5 Å². The summed E-state index contributed by atoms with van der Waals surface area (Å²) >= 11 is 6.19. The number of morpholine rings is 1. The zero-order valence-electron chi connectivity index (χ0n) is 14.0. The van der Waals surface area contributed by atoms with Gasteiger partial charge in [0.15, 0.2) is 5.82 Å². The summed E-state index contributed by atoms with van der Waals surface area (Å²) in [7, 11) is 0. The largest absolute Gasteiger partial charge is 0.374 e. The van der Waals surface area contributed by atoms with Gasteiger partial charge in [0.25, 0.3) is 0 Å². The third-order valence-corrected chi connectivity index (χ3v) is 4.95. The average Bonchev–Trinajstić information content (AvgIpc) is 2.56. The molecule has 128 valence electrons. The Hall–Kier alpha value is -0.950. The number of piperazine rings is 1. The van der Waals surface area contributed by atoms with Crippen molar-refractivity contribution in [3.63, 3.8) is 0 Å². The Morgan fingerprint density at radius 2 is 2.04 bits per heavy atom. The van der Waals surface area contributed by atoms with Crippen LogP contribution in [0.15, 0.2) is 12.5 Å². The van der Waals surface area contributed by atoms with E-state index in [0.717, 1.165) is 58.2 Å². The van der Waals surface area contributed by atoms with Gasteiger partial charge in [-0.3, -0.25) is 9.80 Å². The fourth-order valence-corrected chi connectivity index (χ4v) is 3.52. The summed E-state index contributed by atoms with van der Waals surface area (Å²) in [6.07, 6.45) is 3.54. The van der Waals surface area contributed by atoms with Crippen LogP contribution in [0.1, 0.15) is 13.8 Å². The van der Waals surface area contributed by atoms with Gasteiger partial charge in [0.2, 0.25) is 0 Å². The van der Waals surface area contributed by atoms with E-state index in [9.17, 15) is 0 Å². The molecule has 0 radical (unpaired) electrons. The zero-order valence-corrected chi connectivity index (χ0v) is 14.7. The molecule has 0 spiro atoms. The van der Waals surface area contributed by atoms with E-state index in [0.29, 0.717) is 17.2 Å². The Balaban J connectivity index is 1.49. The number of halogens is 1. The summed E-state index contributed by atoms with van der Waals surface area (Å²) in [4.78, 5) is 15.5. The quantitative estimate of drug-likeness (QED) is 0.825. The maximum Gasteiger partial charge on any atom is 0.150 e. The first-order valence-electron chi connectivity index (χ1n) is 8.42. The summed E-state index contributed by atoms with van der Waals surface area (Å²) in [5.41, 5.74) is 0. The number of hydrogen-bond donors (Lipinski definition) is 0. The van der Waals surface area contributed by atoms with E-state index in [1.165, 1.54) is 0 Å². The third kappa shape index (κ3) is 4.32. The van der Waals surface area contributed by atoms with E-state index in [-0.39, 0.29) is 0 Å². The number of rotatable bonds is 4.